The molecule has 1 amide bonds. The number of hydrogen-bond acceptors (Lipinski definition) is 15. The number of ether oxygens (including phenoxy) is 6. The molecule has 0 spiro atoms. The highest BCUT2D eigenvalue weighted by Crippen LogP contribution is 2.80. The van der Waals surface area contributed by atoms with Crippen LogP contribution in [0.2, 0.25) is 0 Å². The Bertz CT molecular complexity index is 2780. The number of amides is 1. The summed E-state index contributed by atoms with van der Waals surface area (Å²) in [6, 6.07) is 14.7. The molecule has 5 fully saturated rings. The van der Waals surface area contributed by atoms with E-state index in [0.29, 0.717) is 12.0 Å². The van der Waals surface area contributed by atoms with Crippen molar-refractivity contribution in [3.63, 3.8) is 0 Å². The van der Waals surface area contributed by atoms with Gasteiger partial charge in [0.05, 0.1) is 35.0 Å². The number of ketones is 2. The normalized spacial score (nSPS) is 31.5. The number of carbonyl (C=O) groups is 7. The summed E-state index contributed by atoms with van der Waals surface area (Å²) in [5.74, 6) is -9.68. The van der Waals surface area contributed by atoms with Crippen molar-refractivity contribution in [1.82, 2.24) is 5.32 Å². The fourth-order valence-electron chi connectivity index (χ4n) is 12.9. The first-order valence-electron chi connectivity index (χ1n) is 28.0. The maximum Gasteiger partial charge on any atom is 0.408 e. The fourth-order valence-corrected chi connectivity index (χ4v) is 12.9. The fraction of sp³-hybridized carbons (Fsp3) is 0.516. The summed E-state index contributed by atoms with van der Waals surface area (Å²) in [5, 5.41) is 28.3. The molecule has 5 aliphatic rings. The molecule has 430 valence electrons. The highest BCUT2D eigenvalue weighted by molar-refractivity contribution is 6.41. The first kappa shape index (κ1) is 60.9. The SMILES string of the molecule is CCC=CCC=CCC=CCC=CCC=CCC=CCCC(=O)O[C@@H](C(=O)OC12C[C@@]3(O)[C@@H](OC(=O)c4ccccc4)[C@@H]4[C@]5(OC(C)=O)CO[C@@H]5C[C@H](O)[C@@]4(C)C(=O)C(=O)C(C1C)[C@@]23C)C(NC(=O)OC(C)(C)C)c1ccccc1. The van der Waals surface area contributed by atoms with Gasteiger partial charge in [-0.2, -0.15) is 0 Å². The third-order valence-electron chi connectivity index (χ3n) is 16.9. The maximum absolute atomic E-state index is 15.3. The topological polar surface area (TPSA) is 227 Å². The Balaban J connectivity index is 1.15. The van der Waals surface area contributed by atoms with E-state index in [1.807, 2.05) is 24.3 Å². The molecule has 4 saturated carbocycles. The number of hydrogen-bond donors (Lipinski definition) is 3. The number of rotatable bonds is 23. The van der Waals surface area contributed by atoms with Crippen LogP contribution in [0, 0.1) is 28.6 Å². The number of allylic oxidation sites excluding steroid dienone is 12. The Morgan fingerprint density at radius 2 is 1.35 bits per heavy atom. The van der Waals surface area contributed by atoms with Gasteiger partial charge >= 0.3 is 30.0 Å². The molecule has 1 aliphatic heterocycles. The number of alkyl carbamates (subject to hydrolysis) is 1. The zero-order valence-corrected chi connectivity index (χ0v) is 47.3. The predicted molar refractivity (Wildman–Crippen MR) is 297 cm³/mol. The monoisotopic (exact) mass is 1100 g/mol. The summed E-state index contributed by atoms with van der Waals surface area (Å²) in [7, 11) is 0. The molecular formula is C64H79NO15. The van der Waals surface area contributed by atoms with Crippen molar-refractivity contribution in [2.45, 2.75) is 172 Å². The molecular weight excluding hydrogens is 1020 g/mol. The molecule has 16 nitrogen and oxygen atoms in total. The molecule has 1 heterocycles. The third-order valence-corrected chi connectivity index (χ3v) is 16.9. The second-order valence-electron chi connectivity index (χ2n) is 23.0. The van der Waals surface area contributed by atoms with E-state index < -0.39 is 129 Å². The van der Waals surface area contributed by atoms with E-state index in [-0.39, 0.29) is 31.4 Å². The van der Waals surface area contributed by atoms with Crippen LogP contribution < -0.4 is 5.32 Å². The van der Waals surface area contributed by atoms with Gasteiger partial charge in [-0.1, -0.05) is 142 Å². The van der Waals surface area contributed by atoms with Gasteiger partial charge < -0.3 is 44.0 Å². The van der Waals surface area contributed by atoms with E-state index >= 15 is 14.4 Å². The van der Waals surface area contributed by atoms with Gasteiger partial charge in [-0.15, -0.1) is 0 Å². The van der Waals surface area contributed by atoms with Gasteiger partial charge in [-0.05, 0) is 90.3 Å². The van der Waals surface area contributed by atoms with Crippen molar-refractivity contribution in [1.29, 1.82) is 0 Å². The second kappa shape index (κ2) is 25.4. The zero-order chi connectivity index (χ0) is 58.1. The van der Waals surface area contributed by atoms with E-state index in [1.165, 1.54) is 26.0 Å². The minimum absolute atomic E-state index is 0.0668. The molecule has 13 atom stereocenters. The van der Waals surface area contributed by atoms with Crippen LogP contribution in [-0.2, 0) is 52.4 Å². The molecule has 4 aliphatic carbocycles. The molecule has 1 saturated heterocycles. The molecule has 16 heteroatoms. The number of aliphatic hydroxyl groups is 2. The average molecular weight is 1100 g/mol. The summed E-state index contributed by atoms with van der Waals surface area (Å²) in [6.45, 7) is 12.3. The van der Waals surface area contributed by atoms with Crippen LogP contribution in [0.25, 0.3) is 0 Å². The van der Waals surface area contributed by atoms with Crippen LogP contribution in [0.5, 0.6) is 0 Å². The van der Waals surface area contributed by atoms with Gasteiger partial charge in [0.25, 0.3) is 0 Å². The smallest absolute Gasteiger partial charge is 0.408 e. The van der Waals surface area contributed by atoms with E-state index in [0.717, 1.165) is 39.0 Å². The van der Waals surface area contributed by atoms with Crippen molar-refractivity contribution in [2.24, 2.45) is 28.6 Å². The summed E-state index contributed by atoms with van der Waals surface area (Å²) in [5.41, 5.74) is -10.5. The van der Waals surface area contributed by atoms with E-state index in [9.17, 15) is 29.4 Å². The lowest BCUT2D eigenvalue weighted by molar-refractivity contribution is -0.433. The molecule has 3 N–H and O–H groups in total. The Hall–Kier alpha value is -6.75. The largest absolute Gasteiger partial charge is 0.455 e. The summed E-state index contributed by atoms with van der Waals surface area (Å²) >= 11 is 0. The molecule has 4 unspecified atom stereocenters. The highest BCUT2D eigenvalue weighted by atomic mass is 16.6. The molecule has 0 bridgehead atoms. The van der Waals surface area contributed by atoms with E-state index in [2.05, 4.69) is 60.8 Å². The third kappa shape index (κ3) is 12.0. The Morgan fingerprint density at radius 1 is 0.800 bits per heavy atom. The molecule has 0 aromatic heterocycles. The lowest BCUT2D eigenvalue weighted by Gasteiger charge is -2.81. The number of aliphatic hydroxyl groups excluding tert-OH is 1. The van der Waals surface area contributed by atoms with Gasteiger partial charge in [0.15, 0.2) is 5.60 Å². The van der Waals surface area contributed by atoms with Crippen molar-refractivity contribution < 1.29 is 72.2 Å². The van der Waals surface area contributed by atoms with Crippen LogP contribution in [0.15, 0.2) is 134 Å². The molecule has 0 radical (unpaired) electrons. The van der Waals surface area contributed by atoms with Gasteiger partial charge in [0.2, 0.25) is 17.7 Å². The van der Waals surface area contributed by atoms with Crippen LogP contribution in [0.3, 0.4) is 0 Å². The van der Waals surface area contributed by atoms with E-state index in [4.69, 9.17) is 28.4 Å². The average Bonchev–Trinajstić information content (AvgIpc) is 0.871. The number of benzene rings is 2. The number of nitrogens with one attached hydrogen (secondary N) is 1. The summed E-state index contributed by atoms with van der Waals surface area (Å²) < 4.78 is 36.5. The van der Waals surface area contributed by atoms with Gasteiger partial charge in [-0.25, -0.2) is 14.4 Å². The van der Waals surface area contributed by atoms with Crippen LogP contribution in [0.1, 0.15) is 142 Å². The Labute approximate surface area is 469 Å². The standard InChI is InChI=1S/C64H79NO15/c1-9-10-11-12-13-14-15-16-17-18-19-20-21-22-23-24-25-26-33-38-48(68)76-52(50(44-34-29-27-30-35-44)65-58(73)80-59(4,5)6)57(72)79-64-40-63(74)55(77-56(71)45-36-31-28-32-37-45)53-60(7,54(70)51(69)49(42(64)2)61(63,64)8)46(67)39-47-62(53,41-75-47)78-43(3)66/h10-11,13-14,16-17,19-20,22-23,25-32,34-37,42,46-47,49-50,52-53,55,67,74H,9,12,15,18,21,24,33,38-41H2,1-8H3,(H,65,73)/t42?,46-,47+,49?,50?,52+,53-,55-,60+,61+,62-,63+,64?/m0/s1. The minimum atomic E-state index is -2.33. The molecule has 2 aromatic carbocycles. The molecule has 7 rings (SSSR count). The molecule has 80 heavy (non-hydrogen) atoms. The number of fused-ring (bicyclic) bond motifs is 3. The van der Waals surface area contributed by atoms with Gasteiger partial charge in [0, 0.05) is 38.0 Å². The first-order chi connectivity index (χ1) is 38.0. The summed E-state index contributed by atoms with van der Waals surface area (Å²) in [6.07, 6.45) is 22.1. The van der Waals surface area contributed by atoms with Crippen LogP contribution in [0.4, 0.5) is 4.79 Å². The summed E-state index contributed by atoms with van der Waals surface area (Å²) in [4.78, 5) is 100. The number of Topliss-reactive ketones (excluding diaryl/α,β-unsaturated/α-hetero) is 2. The minimum Gasteiger partial charge on any atom is -0.455 e. The Morgan fingerprint density at radius 3 is 1.88 bits per heavy atom. The Kier molecular flexibility index (Phi) is 19.3. The van der Waals surface area contributed by atoms with Crippen molar-refractivity contribution in [3.8, 4) is 0 Å². The first-order valence-corrected chi connectivity index (χ1v) is 28.0. The molecule has 2 aromatic rings. The predicted octanol–water partition coefficient (Wildman–Crippen LogP) is 9.80. The lowest BCUT2D eigenvalue weighted by Crippen LogP contribution is -2.94. The van der Waals surface area contributed by atoms with Crippen molar-refractivity contribution in [2.75, 3.05) is 6.61 Å². The second-order valence-corrected chi connectivity index (χ2v) is 23.0. The quantitative estimate of drug-likeness (QED) is 0.0407. The maximum atomic E-state index is 15.3. The van der Waals surface area contributed by atoms with Crippen LogP contribution >= 0.6 is 0 Å². The van der Waals surface area contributed by atoms with Crippen LogP contribution in [-0.4, -0.2) is 105 Å². The number of esters is 4. The van der Waals surface area contributed by atoms with Crippen molar-refractivity contribution >= 4 is 41.5 Å². The number of carbonyl (C=O) groups excluding carboxylic acids is 7. The zero-order valence-electron chi connectivity index (χ0n) is 47.3. The van der Waals surface area contributed by atoms with Gasteiger partial charge in [0.1, 0.15) is 35.1 Å². The van der Waals surface area contributed by atoms with E-state index in [1.54, 1.807) is 76.2 Å². The van der Waals surface area contributed by atoms with Gasteiger partial charge in [-0.3, -0.25) is 19.2 Å². The highest BCUT2D eigenvalue weighted by Gasteiger charge is 2.93. The van der Waals surface area contributed by atoms with Crippen molar-refractivity contribution in [3.05, 3.63) is 145 Å². The lowest BCUT2D eigenvalue weighted by atomic mass is 9.25.